The third-order valence-corrected chi connectivity index (χ3v) is 3.43. The smallest absolute Gasteiger partial charge is 0.0472 e. The number of aryl methyl sites for hydroxylation is 1. The highest BCUT2D eigenvalue weighted by molar-refractivity contribution is 6.32. The van der Waals surface area contributed by atoms with Crippen LogP contribution in [0.25, 0.3) is 0 Å². The molecule has 0 radical (unpaired) electrons. The van der Waals surface area contributed by atoms with Crippen molar-refractivity contribution >= 4 is 11.6 Å². The lowest BCUT2D eigenvalue weighted by atomic mass is 9.79. The van der Waals surface area contributed by atoms with Gasteiger partial charge in [0.2, 0.25) is 0 Å². The Bertz CT molecular complexity index is 389. The van der Waals surface area contributed by atoms with E-state index in [1.807, 2.05) is 0 Å². The van der Waals surface area contributed by atoms with E-state index < -0.39 is 0 Å². The molecule has 0 fully saturated rings. The van der Waals surface area contributed by atoms with Crippen molar-refractivity contribution in [3.8, 4) is 0 Å². The van der Waals surface area contributed by atoms with Gasteiger partial charge in [-0.2, -0.15) is 0 Å². The summed E-state index contributed by atoms with van der Waals surface area (Å²) in [6.07, 6.45) is 0. The molecule has 0 aromatic heterocycles. The Hall–Kier alpha value is -0.490. The van der Waals surface area contributed by atoms with Gasteiger partial charge in [-0.3, -0.25) is 0 Å². The summed E-state index contributed by atoms with van der Waals surface area (Å²) in [7, 11) is 0. The average molecular weight is 239 g/mol. The van der Waals surface area contributed by atoms with Gasteiger partial charge in [0.05, 0.1) is 0 Å². The van der Waals surface area contributed by atoms with Gasteiger partial charge in [-0.25, -0.2) is 0 Å². The minimum atomic E-state index is 0.100. The van der Waals surface area contributed by atoms with Crippen molar-refractivity contribution in [1.29, 1.82) is 0 Å². The second-order valence-electron chi connectivity index (χ2n) is 6.65. The quantitative estimate of drug-likeness (QED) is 0.580. The highest BCUT2D eigenvalue weighted by atomic mass is 35.5. The minimum Gasteiger partial charge on any atom is -0.0837 e. The molecule has 1 aromatic rings. The lowest BCUT2D eigenvalue weighted by Gasteiger charge is -2.27. The molecule has 1 heteroatoms. The maximum Gasteiger partial charge on any atom is 0.0472 e. The van der Waals surface area contributed by atoms with E-state index in [9.17, 15) is 0 Å². The molecule has 0 atom stereocenters. The first kappa shape index (κ1) is 13.6. The second kappa shape index (κ2) is 4.07. The third kappa shape index (κ3) is 2.79. The monoisotopic (exact) mass is 238 g/mol. The summed E-state index contributed by atoms with van der Waals surface area (Å²) in [5.74, 6) is 0. The molecule has 0 saturated carbocycles. The van der Waals surface area contributed by atoms with E-state index in [1.165, 1.54) is 16.7 Å². The van der Waals surface area contributed by atoms with Crippen molar-refractivity contribution in [3.63, 3.8) is 0 Å². The summed E-state index contributed by atoms with van der Waals surface area (Å²) in [6.45, 7) is 15.4. The maximum atomic E-state index is 6.40. The van der Waals surface area contributed by atoms with Crippen molar-refractivity contribution in [1.82, 2.24) is 0 Å². The van der Waals surface area contributed by atoms with Gasteiger partial charge in [-0.15, -0.1) is 0 Å². The highest BCUT2D eigenvalue weighted by Gasteiger charge is 2.22. The van der Waals surface area contributed by atoms with Gasteiger partial charge in [0.1, 0.15) is 0 Å². The summed E-state index contributed by atoms with van der Waals surface area (Å²) in [4.78, 5) is 0. The molecule has 1 aromatic carbocycles. The molecule has 0 spiro atoms. The van der Waals surface area contributed by atoms with Crippen LogP contribution in [0.1, 0.15) is 58.2 Å². The van der Waals surface area contributed by atoms with Crippen molar-refractivity contribution in [2.45, 2.75) is 59.3 Å². The van der Waals surface area contributed by atoms with Crippen LogP contribution in [-0.4, -0.2) is 0 Å². The van der Waals surface area contributed by atoms with Crippen LogP contribution in [0, 0.1) is 6.92 Å². The predicted molar refractivity (Wildman–Crippen MR) is 73.6 cm³/mol. The van der Waals surface area contributed by atoms with E-state index >= 15 is 0 Å². The number of hydrogen-bond acceptors (Lipinski definition) is 0. The molecular formula is C15H23Cl. The van der Waals surface area contributed by atoms with E-state index in [4.69, 9.17) is 11.6 Å². The van der Waals surface area contributed by atoms with E-state index in [-0.39, 0.29) is 10.8 Å². The van der Waals surface area contributed by atoms with Crippen LogP contribution >= 0.6 is 11.6 Å². The molecule has 16 heavy (non-hydrogen) atoms. The van der Waals surface area contributed by atoms with Gasteiger partial charge < -0.3 is 0 Å². The summed E-state index contributed by atoms with van der Waals surface area (Å²) < 4.78 is 0. The fraction of sp³-hybridized carbons (Fsp3) is 0.600. The second-order valence-corrected chi connectivity index (χ2v) is 7.03. The standard InChI is InChI=1S/C15H23Cl/c1-10-8-11(14(2,3)4)9-12(13(10)16)15(5,6)7/h8-9H,1-7H3. The van der Waals surface area contributed by atoms with Crippen LogP contribution in [-0.2, 0) is 10.8 Å². The van der Waals surface area contributed by atoms with Crippen LogP contribution in [0.4, 0.5) is 0 Å². The molecule has 0 heterocycles. The van der Waals surface area contributed by atoms with Crippen molar-refractivity contribution in [2.75, 3.05) is 0 Å². The van der Waals surface area contributed by atoms with Crippen LogP contribution < -0.4 is 0 Å². The molecule has 0 aliphatic rings. The normalized spacial score (nSPS) is 13.0. The van der Waals surface area contributed by atoms with Crippen LogP contribution in [0.15, 0.2) is 12.1 Å². The summed E-state index contributed by atoms with van der Waals surface area (Å²) in [6, 6.07) is 4.47. The van der Waals surface area contributed by atoms with Crippen molar-refractivity contribution < 1.29 is 0 Å². The molecule has 0 aliphatic heterocycles. The fourth-order valence-corrected chi connectivity index (χ4v) is 2.14. The van der Waals surface area contributed by atoms with Gasteiger partial charge in [-0.05, 0) is 34.4 Å². The summed E-state index contributed by atoms with van der Waals surface area (Å²) in [5.41, 5.74) is 4.07. The van der Waals surface area contributed by atoms with E-state index in [1.54, 1.807) is 0 Å². The van der Waals surface area contributed by atoms with Gasteiger partial charge in [0.25, 0.3) is 0 Å². The zero-order valence-electron chi connectivity index (χ0n) is 11.5. The SMILES string of the molecule is Cc1cc(C(C)(C)C)cc(C(C)(C)C)c1Cl. The van der Waals surface area contributed by atoms with Gasteiger partial charge in [0, 0.05) is 5.02 Å². The molecule has 0 N–H and O–H groups in total. The first-order valence-electron chi connectivity index (χ1n) is 5.84. The van der Waals surface area contributed by atoms with Gasteiger partial charge in [-0.1, -0.05) is 65.3 Å². The summed E-state index contributed by atoms with van der Waals surface area (Å²) >= 11 is 6.40. The minimum absolute atomic E-state index is 0.100. The fourth-order valence-electron chi connectivity index (χ4n) is 1.75. The highest BCUT2D eigenvalue weighted by Crippen LogP contribution is 2.35. The molecule has 0 aliphatic carbocycles. The Morgan fingerprint density at radius 3 is 1.75 bits per heavy atom. The molecular weight excluding hydrogens is 216 g/mol. The molecule has 0 saturated heterocycles. The number of hydrogen-bond donors (Lipinski definition) is 0. The topological polar surface area (TPSA) is 0 Å². The molecule has 90 valence electrons. The Labute approximate surface area is 105 Å². The van der Waals surface area contributed by atoms with Crippen LogP contribution in [0.3, 0.4) is 0 Å². The van der Waals surface area contributed by atoms with E-state index in [0.29, 0.717) is 0 Å². The van der Waals surface area contributed by atoms with E-state index in [0.717, 1.165) is 5.02 Å². The van der Waals surface area contributed by atoms with Crippen LogP contribution in [0.5, 0.6) is 0 Å². The molecule has 0 amide bonds. The first-order valence-corrected chi connectivity index (χ1v) is 6.22. The Balaban J connectivity index is 3.46. The third-order valence-electron chi connectivity index (χ3n) is 2.93. The van der Waals surface area contributed by atoms with E-state index in [2.05, 4.69) is 60.6 Å². The Morgan fingerprint density at radius 2 is 1.38 bits per heavy atom. The van der Waals surface area contributed by atoms with Gasteiger partial charge in [0.15, 0.2) is 0 Å². The maximum absolute atomic E-state index is 6.40. The largest absolute Gasteiger partial charge is 0.0837 e. The number of halogens is 1. The van der Waals surface area contributed by atoms with Gasteiger partial charge >= 0.3 is 0 Å². The molecule has 1 rings (SSSR count). The molecule has 0 unspecified atom stereocenters. The molecule has 0 bridgehead atoms. The van der Waals surface area contributed by atoms with Crippen molar-refractivity contribution in [3.05, 3.63) is 33.8 Å². The Morgan fingerprint density at radius 1 is 0.875 bits per heavy atom. The molecule has 0 nitrogen and oxygen atoms in total. The van der Waals surface area contributed by atoms with Crippen molar-refractivity contribution in [2.24, 2.45) is 0 Å². The lowest BCUT2D eigenvalue weighted by Crippen LogP contribution is -2.17. The summed E-state index contributed by atoms with van der Waals surface area (Å²) in [5, 5.41) is 0.917. The Kier molecular flexibility index (Phi) is 3.45. The number of benzene rings is 1. The zero-order valence-corrected chi connectivity index (χ0v) is 12.3. The average Bonchev–Trinajstić information content (AvgIpc) is 2.05. The first-order chi connectivity index (χ1) is 7.03. The number of rotatable bonds is 0. The zero-order chi connectivity index (χ0) is 12.7. The predicted octanol–water partition coefficient (Wildman–Crippen LogP) is 5.24. The lowest BCUT2D eigenvalue weighted by molar-refractivity contribution is 0.568. The van der Waals surface area contributed by atoms with Crippen LogP contribution in [0.2, 0.25) is 5.02 Å².